The molecule has 2 unspecified atom stereocenters. The molecule has 1 aliphatic rings. The quantitative estimate of drug-likeness (QED) is 0.602. The molecule has 14 heavy (non-hydrogen) atoms. The second-order valence-electron chi connectivity index (χ2n) is 4.07. The van der Waals surface area contributed by atoms with Crippen LogP contribution in [0.3, 0.4) is 0 Å². The Bertz CT molecular complexity index is 135. The van der Waals surface area contributed by atoms with E-state index in [9.17, 15) is 0 Å². The first-order valence-electron chi connectivity index (χ1n) is 5.86. The summed E-state index contributed by atoms with van der Waals surface area (Å²) < 4.78 is 5.37. The summed E-state index contributed by atoms with van der Waals surface area (Å²) in [6, 6.07) is 0.610. The average Bonchev–Trinajstić information content (AvgIpc) is 2.70. The molecular formula is C11H24N2O. The van der Waals surface area contributed by atoms with E-state index in [1.165, 1.54) is 12.8 Å². The lowest BCUT2D eigenvalue weighted by Gasteiger charge is -2.19. The summed E-state index contributed by atoms with van der Waals surface area (Å²) in [5.74, 6) is 0.731. The number of rotatable bonds is 7. The normalized spacial score (nSPS) is 24.0. The van der Waals surface area contributed by atoms with Crippen LogP contribution in [0.25, 0.3) is 0 Å². The second kappa shape index (κ2) is 7.21. The van der Waals surface area contributed by atoms with Gasteiger partial charge in [0.15, 0.2) is 0 Å². The van der Waals surface area contributed by atoms with Crippen molar-refractivity contribution in [3.63, 3.8) is 0 Å². The Labute approximate surface area is 87.6 Å². The zero-order valence-electron chi connectivity index (χ0n) is 9.51. The van der Waals surface area contributed by atoms with Gasteiger partial charge in [-0.15, -0.1) is 0 Å². The minimum Gasteiger partial charge on any atom is -0.381 e. The van der Waals surface area contributed by atoms with Crippen molar-refractivity contribution in [3.05, 3.63) is 0 Å². The van der Waals surface area contributed by atoms with Crippen LogP contribution in [0.5, 0.6) is 0 Å². The Morgan fingerprint density at radius 2 is 2.29 bits per heavy atom. The molecule has 0 saturated carbocycles. The standard InChI is InChI=1S/C11H24N2O/c1-3-12-6-4-7-13-10(2)11-5-8-14-9-11/h10-13H,3-9H2,1-2H3. The molecule has 1 rings (SSSR count). The van der Waals surface area contributed by atoms with Crippen LogP contribution in [0.2, 0.25) is 0 Å². The van der Waals surface area contributed by atoms with Crippen molar-refractivity contribution in [2.24, 2.45) is 5.92 Å². The smallest absolute Gasteiger partial charge is 0.0509 e. The number of nitrogens with one attached hydrogen (secondary N) is 2. The highest BCUT2D eigenvalue weighted by Crippen LogP contribution is 2.15. The fourth-order valence-electron chi connectivity index (χ4n) is 1.83. The third-order valence-electron chi connectivity index (χ3n) is 2.92. The van der Waals surface area contributed by atoms with Crippen molar-refractivity contribution in [3.8, 4) is 0 Å². The van der Waals surface area contributed by atoms with Crippen molar-refractivity contribution < 1.29 is 4.74 Å². The van der Waals surface area contributed by atoms with E-state index in [2.05, 4.69) is 24.5 Å². The van der Waals surface area contributed by atoms with Gasteiger partial charge in [0.25, 0.3) is 0 Å². The number of hydrogen-bond donors (Lipinski definition) is 2. The minimum absolute atomic E-state index is 0.610. The summed E-state index contributed by atoms with van der Waals surface area (Å²) in [7, 11) is 0. The van der Waals surface area contributed by atoms with Gasteiger partial charge in [0, 0.05) is 12.6 Å². The van der Waals surface area contributed by atoms with Gasteiger partial charge < -0.3 is 15.4 Å². The van der Waals surface area contributed by atoms with Gasteiger partial charge in [0.2, 0.25) is 0 Å². The van der Waals surface area contributed by atoms with Crippen molar-refractivity contribution in [1.82, 2.24) is 10.6 Å². The Hall–Kier alpha value is -0.120. The second-order valence-corrected chi connectivity index (χ2v) is 4.07. The molecule has 0 aromatic rings. The van der Waals surface area contributed by atoms with Crippen LogP contribution in [0, 0.1) is 5.92 Å². The molecule has 0 amide bonds. The van der Waals surface area contributed by atoms with Crippen molar-refractivity contribution in [2.45, 2.75) is 32.7 Å². The highest BCUT2D eigenvalue weighted by atomic mass is 16.5. The van der Waals surface area contributed by atoms with Crippen LogP contribution in [0.1, 0.15) is 26.7 Å². The number of hydrogen-bond acceptors (Lipinski definition) is 3. The predicted octanol–water partition coefficient (Wildman–Crippen LogP) is 1.00. The molecular weight excluding hydrogens is 176 g/mol. The van der Waals surface area contributed by atoms with Gasteiger partial charge in [-0.1, -0.05) is 6.92 Å². The van der Waals surface area contributed by atoms with E-state index in [1.807, 2.05) is 0 Å². The van der Waals surface area contributed by atoms with Gasteiger partial charge in [0.1, 0.15) is 0 Å². The molecule has 1 saturated heterocycles. The molecule has 1 aliphatic heterocycles. The summed E-state index contributed by atoms with van der Waals surface area (Å²) in [6.45, 7) is 9.63. The van der Waals surface area contributed by atoms with Crippen LogP contribution in [-0.4, -0.2) is 38.9 Å². The predicted molar refractivity (Wildman–Crippen MR) is 59.6 cm³/mol. The SMILES string of the molecule is CCNCCCNC(C)C1CCOC1. The zero-order valence-corrected chi connectivity index (χ0v) is 9.51. The van der Waals surface area contributed by atoms with E-state index in [0.29, 0.717) is 6.04 Å². The van der Waals surface area contributed by atoms with Crippen molar-refractivity contribution >= 4 is 0 Å². The third-order valence-corrected chi connectivity index (χ3v) is 2.92. The van der Waals surface area contributed by atoms with Crippen LogP contribution >= 0.6 is 0 Å². The van der Waals surface area contributed by atoms with Gasteiger partial charge in [-0.2, -0.15) is 0 Å². The van der Waals surface area contributed by atoms with Gasteiger partial charge in [-0.3, -0.25) is 0 Å². The van der Waals surface area contributed by atoms with E-state index in [0.717, 1.165) is 38.8 Å². The van der Waals surface area contributed by atoms with Gasteiger partial charge in [-0.25, -0.2) is 0 Å². The summed E-state index contributed by atoms with van der Waals surface area (Å²) in [6.07, 6.45) is 2.44. The van der Waals surface area contributed by atoms with E-state index in [-0.39, 0.29) is 0 Å². The van der Waals surface area contributed by atoms with E-state index in [4.69, 9.17) is 4.74 Å². The fraction of sp³-hybridized carbons (Fsp3) is 1.00. The minimum atomic E-state index is 0.610. The molecule has 0 radical (unpaired) electrons. The third kappa shape index (κ3) is 4.40. The molecule has 1 fully saturated rings. The Morgan fingerprint density at radius 3 is 2.93 bits per heavy atom. The highest BCUT2D eigenvalue weighted by molar-refractivity contribution is 4.75. The largest absolute Gasteiger partial charge is 0.381 e. The van der Waals surface area contributed by atoms with E-state index in [1.54, 1.807) is 0 Å². The first-order valence-corrected chi connectivity index (χ1v) is 5.86. The van der Waals surface area contributed by atoms with Crippen molar-refractivity contribution in [1.29, 1.82) is 0 Å². The van der Waals surface area contributed by atoms with Crippen LogP contribution < -0.4 is 10.6 Å². The first kappa shape index (κ1) is 12.0. The van der Waals surface area contributed by atoms with Gasteiger partial charge in [0.05, 0.1) is 6.61 Å². The maximum Gasteiger partial charge on any atom is 0.0509 e. The van der Waals surface area contributed by atoms with E-state index >= 15 is 0 Å². The van der Waals surface area contributed by atoms with Crippen molar-refractivity contribution in [2.75, 3.05) is 32.8 Å². The van der Waals surface area contributed by atoms with Crippen LogP contribution in [-0.2, 0) is 4.74 Å². The fourth-order valence-corrected chi connectivity index (χ4v) is 1.83. The van der Waals surface area contributed by atoms with E-state index < -0.39 is 0 Å². The summed E-state index contributed by atoms with van der Waals surface area (Å²) in [5.41, 5.74) is 0. The maximum atomic E-state index is 5.37. The Kier molecular flexibility index (Phi) is 6.15. The monoisotopic (exact) mass is 200 g/mol. The molecule has 3 heteroatoms. The van der Waals surface area contributed by atoms with Crippen LogP contribution in [0.15, 0.2) is 0 Å². The molecule has 2 N–H and O–H groups in total. The van der Waals surface area contributed by atoms with Gasteiger partial charge in [-0.05, 0) is 45.3 Å². The Balaban J connectivity index is 1.94. The molecule has 3 nitrogen and oxygen atoms in total. The topological polar surface area (TPSA) is 33.3 Å². The molecule has 0 bridgehead atoms. The summed E-state index contributed by atoms with van der Waals surface area (Å²) in [4.78, 5) is 0. The molecule has 0 spiro atoms. The lowest BCUT2D eigenvalue weighted by atomic mass is 10.0. The molecule has 2 atom stereocenters. The average molecular weight is 200 g/mol. The summed E-state index contributed by atoms with van der Waals surface area (Å²) in [5, 5.41) is 6.89. The lowest BCUT2D eigenvalue weighted by molar-refractivity contribution is 0.178. The lowest BCUT2D eigenvalue weighted by Crippen LogP contribution is -2.35. The Morgan fingerprint density at radius 1 is 1.43 bits per heavy atom. The van der Waals surface area contributed by atoms with Gasteiger partial charge >= 0.3 is 0 Å². The molecule has 0 aliphatic carbocycles. The zero-order chi connectivity index (χ0) is 10.2. The number of ether oxygens (including phenoxy) is 1. The first-order chi connectivity index (χ1) is 6.84. The summed E-state index contributed by atoms with van der Waals surface area (Å²) >= 11 is 0. The maximum absolute atomic E-state index is 5.37. The molecule has 0 aromatic heterocycles. The van der Waals surface area contributed by atoms with Crippen LogP contribution in [0.4, 0.5) is 0 Å². The highest BCUT2D eigenvalue weighted by Gasteiger charge is 2.21. The molecule has 1 heterocycles. The molecule has 84 valence electrons. The molecule has 0 aromatic carbocycles.